The molecule has 8 nitrogen and oxygen atoms in total. The van der Waals surface area contributed by atoms with Crippen LogP contribution in [0.4, 0.5) is 0 Å². The molecule has 1 aromatic heterocycles. The van der Waals surface area contributed by atoms with E-state index in [1.165, 1.54) is 18.4 Å². The molecule has 2 atom stereocenters. The van der Waals surface area contributed by atoms with E-state index < -0.39 is 0 Å². The summed E-state index contributed by atoms with van der Waals surface area (Å²) in [7, 11) is 9.68. The van der Waals surface area contributed by atoms with Gasteiger partial charge in [-0.05, 0) is 50.0 Å². The van der Waals surface area contributed by atoms with Crippen LogP contribution in [0.5, 0.6) is 5.75 Å². The number of hydrogen-bond acceptors (Lipinski definition) is 5. The lowest BCUT2D eigenvalue weighted by molar-refractivity contribution is 0.122. The minimum atomic E-state index is 0.379. The number of nitrogens with zero attached hydrogens (tertiary/aromatic N) is 6. The number of piperidine rings is 1. The van der Waals surface area contributed by atoms with Gasteiger partial charge in [0.2, 0.25) is 0 Å². The number of aryl methyl sites for hydroxylation is 1. The van der Waals surface area contributed by atoms with Crippen LogP contribution in [0, 0.1) is 5.92 Å². The lowest BCUT2D eigenvalue weighted by Gasteiger charge is -2.40. The number of guanidine groups is 1. The highest BCUT2D eigenvalue weighted by atomic mass is 16.5. The van der Waals surface area contributed by atoms with Crippen LogP contribution in [0.1, 0.15) is 30.3 Å². The van der Waals surface area contributed by atoms with Gasteiger partial charge in [0.15, 0.2) is 5.96 Å². The lowest BCUT2D eigenvalue weighted by Crippen LogP contribution is -2.45. The van der Waals surface area contributed by atoms with Gasteiger partial charge in [0, 0.05) is 33.7 Å². The summed E-state index contributed by atoms with van der Waals surface area (Å²) in [6, 6.07) is 8.86. The molecule has 2 heterocycles. The van der Waals surface area contributed by atoms with Crippen LogP contribution in [-0.2, 0) is 13.6 Å². The van der Waals surface area contributed by atoms with Gasteiger partial charge in [-0.3, -0.25) is 14.6 Å². The number of nitrogens with one attached hydrogen (secondary N) is 1. The van der Waals surface area contributed by atoms with Gasteiger partial charge in [-0.2, -0.15) is 5.10 Å². The van der Waals surface area contributed by atoms with Crippen LogP contribution in [0.2, 0.25) is 0 Å². The van der Waals surface area contributed by atoms with Crippen molar-refractivity contribution in [3.05, 3.63) is 42.0 Å². The Bertz CT molecular complexity index is 802. The smallest absolute Gasteiger partial charge is 0.193 e. The lowest BCUT2D eigenvalue weighted by atomic mass is 9.85. The molecule has 0 amide bonds. The van der Waals surface area contributed by atoms with Crippen molar-refractivity contribution in [1.29, 1.82) is 0 Å². The number of likely N-dealkylation sites (tertiary alicyclic amines) is 1. The molecule has 0 bridgehead atoms. The third kappa shape index (κ3) is 5.06. The van der Waals surface area contributed by atoms with E-state index in [1.807, 2.05) is 21.1 Å². The molecule has 1 aliphatic rings. The zero-order valence-corrected chi connectivity index (χ0v) is 18.2. The minimum absolute atomic E-state index is 0.379. The quantitative estimate of drug-likeness (QED) is 0.591. The van der Waals surface area contributed by atoms with Crippen molar-refractivity contribution in [2.75, 3.05) is 41.3 Å². The first kappa shape index (κ1) is 21.1. The molecule has 8 heteroatoms. The zero-order chi connectivity index (χ0) is 20.8. The van der Waals surface area contributed by atoms with Crippen molar-refractivity contribution in [3.8, 4) is 5.75 Å². The fourth-order valence-electron chi connectivity index (χ4n) is 4.16. The van der Waals surface area contributed by atoms with Crippen molar-refractivity contribution in [3.63, 3.8) is 0 Å². The van der Waals surface area contributed by atoms with E-state index in [9.17, 15) is 0 Å². The van der Waals surface area contributed by atoms with E-state index in [0.29, 0.717) is 18.5 Å². The molecule has 29 heavy (non-hydrogen) atoms. The standard InChI is InChI=1S/C21H33N7O/c1-22-21(27(3)14-19-24-15-25-28(19)4)23-13-17-7-6-12-26(2)20(17)16-8-10-18(29-5)11-9-16/h8-11,15,17,20H,6-7,12-14H2,1-5H3,(H,22,23). The van der Waals surface area contributed by atoms with Crippen molar-refractivity contribution in [2.24, 2.45) is 18.0 Å². The predicted molar refractivity (Wildman–Crippen MR) is 115 cm³/mol. The summed E-state index contributed by atoms with van der Waals surface area (Å²) in [5.74, 6) is 3.17. The topological polar surface area (TPSA) is 70.8 Å². The van der Waals surface area contributed by atoms with Crippen LogP contribution in [-0.4, -0.2) is 71.9 Å². The first-order chi connectivity index (χ1) is 14.0. The Kier molecular flexibility index (Phi) is 7.09. The minimum Gasteiger partial charge on any atom is -0.497 e. The highest BCUT2D eigenvalue weighted by Crippen LogP contribution is 2.35. The Labute approximate surface area is 173 Å². The number of aliphatic imine (C=N–C) groups is 1. The monoisotopic (exact) mass is 399 g/mol. The van der Waals surface area contributed by atoms with E-state index in [0.717, 1.165) is 30.6 Å². The average Bonchev–Trinajstić information content (AvgIpc) is 3.13. The van der Waals surface area contributed by atoms with E-state index in [-0.39, 0.29) is 0 Å². The number of benzene rings is 1. The second-order valence-electron chi connectivity index (χ2n) is 7.68. The Morgan fingerprint density at radius 2 is 2.07 bits per heavy atom. The molecule has 0 saturated carbocycles. The number of methoxy groups -OCH3 is 1. The van der Waals surface area contributed by atoms with E-state index in [4.69, 9.17) is 4.74 Å². The summed E-state index contributed by atoms with van der Waals surface area (Å²) in [6.45, 7) is 2.65. The van der Waals surface area contributed by atoms with Crippen LogP contribution in [0.25, 0.3) is 0 Å². The normalized spacial score (nSPS) is 20.5. The maximum atomic E-state index is 5.32. The molecule has 1 N–H and O–H groups in total. The molecule has 158 valence electrons. The van der Waals surface area contributed by atoms with Crippen LogP contribution < -0.4 is 10.1 Å². The first-order valence-corrected chi connectivity index (χ1v) is 10.1. The molecule has 1 saturated heterocycles. The summed E-state index contributed by atoms with van der Waals surface area (Å²) in [5.41, 5.74) is 1.34. The zero-order valence-electron chi connectivity index (χ0n) is 18.2. The molecular weight excluding hydrogens is 366 g/mol. The molecule has 0 aliphatic carbocycles. The first-order valence-electron chi connectivity index (χ1n) is 10.1. The van der Waals surface area contributed by atoms with Gasteiger partial charge < -0.3 is 15.0 Å². The Morgan fingerprint density at radius 3 is 2.69 bits per heavy atom. The summed E-state index contributed by atoms with van der Waals surface area (Å²) in [4.78, 5) is 13.3. The van der Waals surface area contributed by atoms with Gasteiger partial charge in [-0.25, -0.2) is 4.98 Å². The summed E-state index contributed by atoms with van der Waals surface area (Å²) < 4.78 is 7.11. The molecule has 1 fully saturated rings. The average molecular weight is 400 g/mol. The molecule has 1 aromatic carbocycles. The number of aromatic nitrogens is 3. The van der Waals surface area contributed by atoms with Gasteiger partial charge in [-0.1, -0.05) is 12.1 Å². The van der Waals surface area contributed by atoms with Gasteiger partial charge in [0.25, 0.3) is 0 Å². The largest absolute Gasteiger partial charge is 0.497 e. The van der Waals surface area contributed by atoms with Gasteiger partial charge in [0.1, 0.15) is 17.9 Å². The SMILES string of the molecule is CN=C(NCC1CCCN(C)C1c1ccc(OC)cc1)N(C)Cc1ncnn1C. The third-order valence-corrected chi connectivity index (χ3v) is 5.74. The van der Waals surface area contributed by atoms with Gasteiger partial charge in [-0.15, -0.1) is 0 Å². The van der Waals surface area contributed by atoms with E-state index >= 15 is 0 Å². The summed E-state index contributed by atoms with van der Waals surface area (Å²) in [5, 5.41) is 7.72. The Balaban J connectivity index is 1.66. The van der Waals surface area contributed by atoms with Crippen molar-refractivity contribution >= 4 is 5.96 Å². The Hall–Kier alpha value is -2.61. The van der Waals surface area contributed by atoms with E-state index in [1.54, 1.807) is 18.1 Å². The maximum Gasteiger partial charge on any atom is 0.193 e. The highest BCUT2D eigenvalue weighted by molar-refractivity contribution is 5.79. The fraction of sp³-hybridized carbons (Fsp3) is 0.571. The number of hydrogen-bond donors (Lipinski definition) is 1. The number of ether oxygens (including phenoxy) is 1. The number of rotatable bonds is 6. The van der Waals surface area contributed by atoms with Crippen molar-refractivity contribution < 1.29 is 4.74 Å². The maximum absolute atomic E-state index is 5.32. The second-order valence-corrected chi connectivity index (χ2v) is 7.68. The molecule has 0 radical (unpaired) electrons. The fourth-order valence-corrected chi connectivity index (χ4v) is 4.16. The molecular formula is C21H33N7O. The molecule has 0 spiro atoms. The second kappa shape index (κ2) is 9.73. The molecule has 2 aromatic rings. The summed E-state index contributed by atoms with van der Waals surface area (Å²) >= 11 is 0. The molecule has 1 aliphatic heterocycles. The van der Waals surface area contributed by atoms with Crippen molar-refractivity contribution in [1.82, 2.24) is 29.9 Å². The van der Waals surface area contributed by atoms with Crippen LogP contribution >= 0.6 is 0 Å². The highest BCUT2D eigenvalue weighted by Gasteiger charge is 2.30. The van der Waals surface area contributed by atoms with E-state index in [2.05, 4.69) is 61.5 Å². The van der Waals surface area contributed by atoms with Crippen molar-refractivity contribution in [2.45, 2.75) is 25.4 Å². The van der Waals surface area contributed by atoms with Crippen LogP contribution in [0.3, 0.4) is 0 Å². The van der Waals surface area contributed by atoms with Gasteiger partial charge in [0.05, 0.1) is 13.7 Å². The Morgan fingerprint density at radius 1 is 1.31 bits per heavy atom. The molecule has 3 rings (SSSR count). The third-order valence-electron chi connectivity index (χ3n) is 5.74. The summed E-state index contributed by atoms with van der Waals surface area (Å²) in [6.07, 6.45) is 3.98. The van der Waals surface area contributed by atoms with Crippen LogP contribution in [0.15, 0.2) is 35.6 Å². The molecule has 2 unspecified atom stereocenters. The predicted octanol–water partition coefficient (Wildman–Crippen LogP) is 1.91. The van der Waals surface area contributed by atoms with Gasteiger partial charge >= 0.3 is 0 Å².